The van der Waals surface area contributed by atoms with Gasteiger partial charge >= 0.3 is 5.97 Å². The largest absolute Gasteiger partial charge is 0.467 e. The molecule has 0 amide bonds. The summed E-state index contributed by atoms with van der Waals surface area (Å²) in [5.41, 5.74) is 4.44. The molecular formula is C29H28N2O2. The molecule has 0 aliphatic rings. The van der Waals surface area contributed by atoms with Crippen LogP contribution in [0.1, 0.15) is 23.6 Å². The number of aliphatic imine (C=N–C) groups is 2. The number of carbonyl (C=O) groups excluding carboxylic acids is 1. The lowest BCUT2D eigenvalue weighted by atomic mass is 9.97. The van der Waals surface area contributed by atoms with E-state index in [0.29, 0.717) is 5.71 Å². The second-order valence-corrected chi connectivity index (χ2v) is 7.46. The normalized spacial score (nSPS) is 13.2. The first kappa shape index (κ1) is 23.6. The molecule has 3 rings (SSSR count). The third-order valence-electron chi connectivity index (χ3n) is 5.12. The maximum Gasteiger partial charge on any atom is 0.333 e. The molecule has 0 heterocycles. The Labute approximate surface area is 195 Å². The van der Waals surface area contributed by atoms with Crippen LogP contribution in [-0.2, 0) is 9.53 Å². The molecule has 33 heavy (non-hydrogen) atoms. The molecule has 0 saturated heterocycles. The minimum atomic E-state index is -0.874. The molecule has 2 atom stereocenters. The first-order chi connectivity index (χ1) is 16.1. The first-order valence-electron chi connectivity index (χ1n) is 10.8. The van der Waals surface area contributed by atoms with Crippen molar-refractivity contribution in [3.05, 3.63) is 126 Å². The van der Waals surface area contributed by atoms with Gasteiger partial charge in [-0.3, -0.25) is 9.98 Å². The number of esters is 1. The monoisotopic (exact) mass is 436 g/mol. The highest BCUT2D eigenvalue weighted by atomic mass is 16.5. The number of ether oxygens (including phenoxy) is 1. The predicted octanol–water partition coefficient (Wildman–Crippen LogP) is 5.79. The zero-order valence-electron chi connectivity index (χ0n) is 19.0. The predicted molar refractivity (Wildman–Crippen MR) is 137 cm³/mol. The molecule has 0 radical (unpaired) electrons. The van der Waals surface area contributed by atoms with Crippen LogP contribution < -0.4 is 0 Å². The fourth-order valence-electron chi connectivity index (χ4n) is 3.52. The van der Waals surface area contributed by atoms with E-state index >= 15 is 0 Å². The van der Waals surface area contributed by atoms with Gasteiger partial charge in [-0.15, -0.1) is 0 Å². The summed E-state index contributed by atoms with van der Waals surface area (Å²) in [5.74, 6) is -0.452. The third-order valence-corrected chi connectivity index (χ3v) is 5.12. The fourth-order valence-corrected chi connectivity index (χ4v) is 3.52. The highest BCUT2D eigenvalue weighted by Gasteiger charge is 2.30. The first-order valence-corrected chi connectivity index (χ1v) is 10.8. The number of methoxy groups -OCH3 is 1. The van der Waals surface area contributed by atoms with Gasteiger partial charge in [0.15, 0.2) is 6.04 Å². The third kappa shape index (κ3) is 6.47. The van der Waals surface area contributed by atoms with Crippen molar-refractivity contribution >= 4 is 24.0 Å². The lowest BCUT2D eigenvalue weighted by molar-refractivity contribution is -0.142. The van der Waals surface area contributed by atoms with Crippen LogP contribution in [0, 0.1) is 0 Å². The molecule has 3 aromatic rings. The Kier molecular flexibility index (Phi) is 8.66. The molecule has 0 unspecified atom stereocenters. The standard InChI is InChI=1S/C29H28N2O2/c1-4-20-30-26(22(2)21-23-14-8-5-9-15-23)28(29(32)33-3)31-27(24-16-10-6-11-17-24)25-18-12-7-13-19-25/h4-21,26,28H,1H2,2-3H3/b22-21+,30-20?/t26-,28+/m1/s1. The van der Waals surface area contributed by atoms with E-state index in [1.165, 1.54) is 7.11 Å². The smallest absolute Gasteiger partial charge is 0.333 e. The molecular weight excluding hydrogens is 408 g/mol. The number of allylic oxidation sites excluding steroid dienone is 1. The molecule has 0 aliphatic carbocycles. The van der Waals surface area contributed by atoms with Gasteiger partial charge in [-0.05, 0) is 18.1 Å². The van der Waals surface area contributed by atoms with Crippen LogP contribution in [0.2, 0.25) is 0 Å². The summed E-state index contributed by atoms with van der Waals surface area (Å²) in [4.78, 5) is 22.6. The van der Waals surface area contributed by atoms with Crippen molar-refractivity contribution in [2.75, 3.05) is 7.11 Å². The molecule has 0 aromatic heterocycles. The Morgan fingerprint density at radius 3 is 1.85 bits per heavy atom. The average molecular weight is 437 g/mol. The Balaban J connectivity index is 2.16. The van der Waals surface area contributed by atoms with Crippen LogP contribution in [-0.4, -0.2) is 37.1 Å². The van der Waals surface area contributed by atoms with Crippen LogP contribution in [0.4, 0.5) is 0 Å². The zero-order chi connectivity index (χ0) is 23.5. The summed E-state index contributed by atoms with van der Waals surface area (Å²) >= 11 is 0. The van der Waals surface area contributed by atoms with E-state index in [1.54, 1.807) is 12.3 Å². The Morgan fingerprint density at radius 1 is 0.848 bits per heavy atom. The maximum atomic E-state index is 13.0. The number of carbonyl (C=O) groups is 1. The Hall–Kier alpha value is -4.05. The van der Waals surface area contributed by atoms with Gasteiger partial charge < -0.3 is 4.74 Å². The molecule has 4 nitrogen and oxygen atoms in total. The lowest BCUT2D eigenvalue weighted by Gasteiger charge is -2.21. The van der Waals surface area contributed by atoms with E-state index in [4.69, 9.17) is 9.73 Å². The molecule has 0 bridgehead atoms. The van der Waals surface area contributed by atoms with E-state index in [9.17, 15) is 4.79 Å². The SMILES string of the molecule is C=CC=N[C@H](/C(C)=C/c1ccccc1)[C@H](N=C(c1ccccc1)c1ccccc1)C(=O)OC. The Bertz CT molecular complexity index is 1090. The average Bonchev–Trinajstić information content (AvgIpc) is 2.87. The summed E-state index contributed by atoms with van der Waals surface area (Å²) in [6.45, 7) is 5.69. The van der Waals surface area contributed by atoms with Crippen LogP contribution in [0.25, 0.3) is 6.08 Å². The minimum Gasteiger partial charge on any atom is -0.467 e. The fraction of sp³-hybridized carbons (Fsp3) is 0.138. The Morgan fingerprint density at radius 2 is 1.36 bits per heavy atom. The van der Waals surface area contributed by atoms with Crippen molar-refractivity contribution in [1.82, 2.24) is 0 Å². The van der Waals surface area contributed by atoms with Crippen LogP contribution in [0.5, 0.6) is 0 Å². The molecule has 3 aromatic carbocycles. The number of hydrogen-bond acceptors (Lipinski definition) is 4. The van der Waals surface area contributed by atoms with Crippen molar-refractivity contribution in [2.45, 2.75) is 19.0 Å². The van der Waals surface area contributed by atoms with Crippen molar-refractivity contribution in [2.24, 2.45) is 9.98 Å². The molecule has 0 fully saturated rings. The van der Waals surface area contributed by atoms with E-state index in [0.717, 1.165) is 22.3 Å². The number of hydrogen-bond donors (Lipinski definition) is 0. The van der Waals surface area contributed by atoms with Crippen LogP contribution >= 0.6 is 0 Å². The van der Waals surface area contributed by atoms with Crippen molar-refractivity contribution in [3.8, 4) is 0 Å². The van der Waals surface area contributed by atoms with Gasteiger partial charge in [-0.25, -0.2) is 4.79 Å². The second kappa shape index (κ2) is 12.1. The summed E-state index contributed by atoms with van der Waals surface area (Å²) in [7, 11) is 1.38. The molecule has 166 valence electrons. The van der Waals surface area contributed by atoms with E-state index in [-0.39, 0.29) is 0 Å². The van der Waals surface area contributed by atoms with E-state index in [2.05, 4.69) is 11.6 Å². The zero-order valence-corrected chi connectivity index (χ0v) is 19.0. The second-order valence-electron chi connectivity index (χ2n) is 7.46. The molecule has 0 N–H and O–H groups in total. The summed E-state index contributed by atoms with van der Waals surface area (Å²) < 4.78 is 5.17. The summed E-state index contributed by atoms with van der Waals surface area (Å²) in [6.07, 6.45) is 5.21. The number of rotatable bonds is 9. The lowest BCUT2D eigenvalue weighted by Crippen LogP contribution is -2.34. The topological polar surface area (TPSA) is 51.0 Å². The van der Waals surface area contributed by atoms with Gasteiger partial charge in [-0.2, -0.15) is 0 Å². The molecule has 0 aliphatic heterocycles. The maximum absolute atomic E-state index is 13.0. The minimum absolute atomic E-state index is 0.452. The molecule has 0 saturated carbocycles. The van der Waals surface area contributed by atoms with Gasteiger partial charge in [-0.1, -0.05) is 110 Å². The van der Waals surface area contributed by atoms with Gasteiger partial charge in [0.2, 0.25) is 0 Å². The van der Waals surface area contributed by atoms with Crippen LogP contribution in [0.3, 0.4) is 0 Å². The highest BCUT2D eigenvalue weighted by Crippen LogP contribution is 2.21. The summed E-state index contributed by atoms with van der Waals surface area (Å²) in [5, 5.41) is 0. The van der Waals surface area contributed by atoms with Crippen molar-refractivity contribution < 1.29 is 9.53 Å². The molecule has 4 heteroatoms. The molecule has 0 spiro atoms. The van der Waals surface area contributed by atoms with Crippen LogP contribution in [0.15, 0.2) is 119 Å². The van der Waals surface area contributed by atoms with Crippen molar-refractivity contribution in [3.63, 3.8) is 0 Å². The highest BCUT2D eigenvalue weighted by molar-refractivity contribution is 6.13. The number of benzene rings is 3. The van der Waals surface area contributed by atoms with Gasteiger partial charge in [0.25, 0.3) is 0 Å². The van der Waals surface area contributed by atoms with Gasteiger partial charge in [0.05, 0.1) is 12.8 Å². The summed E-state index contributed by atoms with van der Waals surface area (Å²) in [6, 6.07) is 28.1. The van der Waals surface area contributed by atoms with Gasteiger partial charge in [0, 0.05) is 17.3 Å². The van der Waals surface area contributed by atoms with Gasteiger partial charge in [0.1, 0.15) is 6.04 Å². The van der Waals surface area contributed by atoms with E-state index < -0.39 is 18.1 Å². The van der Waals surface area contributed by atoms with E-state index in [1.807, 2.05) is 104 Å². The quantitative estimate of drug-likeness (QED) is 0.315. The number of nitrogens with zero attached hydrogens (tertiary/aromatic N) is 2. The van der Waals surface area contributed by atoms with Crippen molar-refractivity contribution in [1.29, 1.82) is 0 Å².